The van der Waals surface area contributed by atoms with E-state index in [0.717, 1.165) is 11.1 Å². The molecule has 1 aliphatic heterocycles. The molecule has 0 aliphatic carbocycles. The molecule has 0 spiro atoms. The number of fused-ring (bicyclic) bond motifs is 1. The maximum absolute atomic E-state index is 11.6. The standard InChI is InChI=1S/C14H13NO4S/c1-18-13-8-3-2-6-11(13)12-7-4-5-10-9-15-20(16,17)19-14(10)12/h2-8,15H,9H2,1H3. The minimum Gasteiger partial charge on any atom is -0.496 e. The molecule has 0 atom stereocenters. The molecule has 1 N–H and O–H groups in total. The van der Waals surface area contributed by atoms with Crippen LogP contribution in [0.3, 0.4) is 0 Å². The van der Waals surface area contributed by atoms with Gasteiger partial charge in [0.15, 0.2) is 5.75 Å². The molecule has 1 heterocycles. The Kier molecular flexibility index (Phi) is 3.11. The first-order chi connectivity index (χ1) is 9.61. The van der Waals surface area contributed by atoms with Gasteiger partial charge < -0.3 is 8.92 Å². The fourth-order valence-corrected chi connectivity index (χ4v) is 3.01. The molecule has 5 nitrogen and oxygen atoms in total. The van der Waals surface area contributed by atoms with E-state index >= 15 is 0 Å². The van der Waals surface area contributed by atoms with Gasteiger partial charge in [-0.25, -0.2) is 0 Å². The number of hydrogen-bond acceptors (Lipinski definition) is 4. The van der Waals surface area contributed by atoms with Crippen LogP contribution in [-0.4, -0.2) is 15.5 Å². The van der Waals surface area contributed by atoms with Gasteiger partial charge in [0.2, 0.25) is 0 Å². The molecule has 2 aromatic rings. The van der Waals surface area contributed by atoms with Crippen molar-refractivity contribution in [3.05, 3.63) is 48.0 Å². The third kappa shape index (κ3) is 2.23. The Morgan fingerprint density at radius 1 is 1.10 bits per heavy atom. The molecular formula is C14H13NO4S. The van der Waals surface area contributed by atoms with Gasteiger partial charge >= 0.3 is 10.3 Å². The molecule has 0 saturated heterocycles. The van der Waals surface area contributed by atoms with Gasteiger partial charge in [0.05, 0.1) is 7.11 Å². The number of rotatable bonds is 2. The third-order valence-electron chi connectivity index (χ3n) is 3.13. The van der Waals surface area contributed by atoms with E-state index in [1.165, 1.54) is 0 Å². The van der Waals surface area contributed by atoms with Crippen LogP contribution in [-0.2, 0) is 16.8 Å². The average molecular weight is 291 g/mol. The normalized spacial score (nSPS) is 16.1. The lowest BCUT2D eigenvalue weighted by atomic mass is 10.0. The van der Waals surface area contributed by atoms with Crippen LogP contribution in [0.4, 0.5) is 0 Å². The highest BCUT2D eigenvalue weighted by atomic mass is 32.2. The van der Waals surface area contributed by atoms with E-state index in [1.807, 2.05) is 42.5 Å². The molecule has 1 aliphatic rings. The highest BCUT2D eigenvalue weighted by Gasteiger charge is 2.25. The van der Waals surface area contributed by atoms with Crippen molar-refractivity contribution in [2.45, 2.75) is 6.54 Å². The maximum Gasteiger partial charge on any atom is 0.382 e. The van der Waals surface area contributed by atoms with Crippen molar-refractivity contribution < 1.29 is 17.3 Å². The Bertz CT molecular complexity index is 756. The van der Waals surface area contributed by atoms with Crippen LogP contribution in [0, 0.1) is 0 Å². The van der Waals surface area contributed by atoms with E-state index in [2.05, 4.69) is 4.72 Å². The van der Waals surface area contributed by atoms with Crippen LogP contribution in [0.25, 0.3) is 11.1 Å². The highest BCUT2D eigenvalue weighted by Crippen LogP contribution is 2.39. The van der Waals surface area contributed by atoms with Crippen LogP contribution >= 0.6 is 0 Å². The van der Waals surface area contributed by atoms with Crippen LogP contribution in [0.2, 0.25) is 0 Å². The zero-order chi connectivity index (χ0) is 14.2. The monoisotopic (exact) mass is 291 g/mol. The minimum absolute atomic E-state index is 0.223. The van der Waals surface area contributed by atoms with Gasteiger partial charge in [0.1, 0.15) is 5.75 Å². The Hall–Kier alpha value is -2.05. The van der Waals surface area contributed by atoms with Gasteiger partial charge in [-0.15, -0.1) is 0 Å². The molecular weight excluding hydrogens is 278 g/mol. The summed E-state index contributed by atoms with van der Waals surface area (Å²) in [5, 5.41) is 0. The lowest BCUT2D eigenvalue weighted by Crippen LogP contribution is -2.32. The molecule has 0 fully saturated rings. The molecule has 104 valence electrons. The van der Waals surface area contributed by atoms with Crippen molar-refractivity contribution in [1.82, 2.24) is 4.72 Å². The van der Waals surface area contributed by atoms with Gasteiger partial charge in [-0.1, -0.05) is 36.4 Å². The van der Waals surface area contributed by atoms with E-state index in [9.17, 15) is 8.42 Å². The van der Waals surface area contributed by atoms with Crippen LogP contribution < -0.4 is 13.6 Å². The summed E-state index contributed by atoms with van der Waals surface area (Å²) in [4.78, 5) is 0. The Morgan fingerprint density at radius 3 is 2.65 bits per heavy atom. The second-order valence-electron chi connectivity index (χ2n) is 4.35. The van der Waals surface area contributed by atoms with E-state index in [4.69, 9.17) is 8.92 Å². The first-order valence-electron chi connectivity index (χ1n) is 6.05. The fourth-order valence-electron chi connectivity index (χ4n) is 2.21. The van der Waals surface area contributed by atoms with Crippen molar-refractivity contribution in [3.63, 3.8) is 0 Å². The second-order valence-corrected chi connectivity index (χ2v) is 5.72. The van der Waals surface area contributed by atoms with E-state index in [-0.39, 0.29) is 6.54 Å². The number of nitrogens with one attached hydrogen (secondary N) is 1. The minimum atomic E-state index is -3.74. The van der Waals surface area contributed by atoms with Crippen molar-refractivity contribution >= 4 is 10.3 Å². The molecule has 2 aromatic carbocycles. The molecule has 20 heavy (non-hydrogen) atoms. The summed E-state index contributed by atoms with van der Waals surface area (Å²) in [5.41, 5.74) is 2.29. The van der Waals surface area contributed by atoms with Crippen molar-refractivity contribution in [2.24, 2.45) is 0 Å². The summed E-state index contributed by atoms with van der Waals surface area (Å²) in [7, 11) is -2.16. The molecule has 6 heteroatoms. The first-order valence-corrected chi connectivity index (χ1v) is 7.46. The van der Waals surface area contributed by atoms with Crippen LogP contribution in [0.5, 0.6) is 11.5 Å². The molecule has 3 rings (SSSR count). The second kappa shape index (κ2) is 4.81. The van der Waals surface area contributed by atoms with Gasteiger partial charge in [0.25, 0.3) is 0 Å². The predicted octanol–water partition coefficient (Wildman–Crippen LogP) is 2.09. The molecule has 0 saturated carbocycles. The van der Waals surface area contributed by atoms with E-state index < -0.39 is 10.3 Å². The summed E-state index contributed by atoms with van der Waals surface area (Å²) in [6, 6.07) is 12.9. The number of methoxy groups -OCH3 is 1. The smallest absolute Gasteiger partial charge is 0.382 e. The molecule has 0 radical (unpaired) electrons. The summed E-state index contributed by atoms with van der Waals surface area (Å²) >= 11 is 0. The first kappa shape index (κ1) is 13.0. The predicted molar refractivity (Wildman–Crippen MR) is 74.8 cm³/mol. The Morgan fingerprint density at radius 2 is 1.85 bits per heavy atom. The lowest BCUT2D eigenvalue weighted by Gasteiger charge is -2.21. The zero-order valence-electron chi connectivity index (χ0n) is 10.8. The van der Waals surface area contributed by atoms with Gasteiger partial charge in [-0.05, 0) is 6.07 Å². The molecule has 0 aromatic heterocycles. The summed E-state index contributed by atoms with van der Waals surface area (Å²) in [5.74, 6) is 1.02. The van der Waals surface area contributed by atoms with Gasteiger partial charge in [0, 0.05) is 23.2 Å². The summed E-state index contributed by atoms with van der Waals surface area (Å²) in [6.45, 7) is 0.223. The zero-order valence-corrected chi connectivity index (χ0v) is 11.6. The largest absolute Gasteiger partial charge is 0.496 e. The topological polar surface area (TPSA) is 64.6 Å². The van der Waals surface area contributed by atoms with Crippen molar-refractivity contribution in [3.8, 4) is 22.6 Å². The Labute approximate surface area is 117 Å². The number of para-hydroxylation sites is 2. The fraction of sp³-hybridized carbons (Fsp3) is 0.143. The summed E-state index contributed by atoms with van der Waals surface area (Å²) in [6.07, 6.45) is 0. The van der Waals surface area contributed by atoms with Crippen LogP contribution in [0.1, 0.15) is 5.56 Å². The highest BCUT2D eigenvalue weighted by molar-refractivity contribution is 7.85. The summed E-state index contributed by atoms with van der Waals surface area (Å²) < 4.78 is 35.9. The van der Waals surface area contributed by atoms with Crippen molar-refractivity contribution in [2.75, 3.05) is 7.11 Å². The van der Waals surface area contributed by atoms with Crippen molar-refractivity contribution in [1.29, 1.82) is 0 Å². The number of ether oxygens (including phenoxy) is 1. The number of benzene rings is 2. The maximum atomic E-state index is 11.6. The quantitative estimate of drug-likeness (QED) is 0.920. The molecule has 0 amide bonds. The van der Waals surface area contributed by atoms with E-state index in [1.54, 1.807) is 7.11 Å². The Balaban J connectivity index is 2.21. The van der Waals surface area contributed by atoms with Gasteiger partial charge in [-0.3, -0.25) is 0 Å². The third-order valence-corrected chi connectivity index (χ3v) is 4.01. The SMILES string of the molecule is COc1ccccc1-c1cccc2c1OS(=O)(=O)NC2. The molecule has 0 bridgehead atoms. The van der Waals surface area contributed by atoms with Crippen LogP contribution in [0.15, 0.2) is 42.5 Å². The van der Waals surface area contributed by atoms with Gasteiger partial charge in [-0.2, -0.15) is 13.1 Å². The average Bonchev–Trinajstić information content (AvgIpc) is 2.46. The lowest BCUT2D eigenvalue weighted by molar-refractivity contribution is 0.416. The number of hydrogen-bond donors (Lipinski definition) is 1. The molecule has 0 unspecified atom stereocenters. The van der Waals surface area contributed by atoms with E-state index in [0.29, 0.717) is 17.1 Å².